The predicted molar refractivity (Wildman–Crippen MR) is 83.6 cm³/mol. The number of nitrogens with zero attached hydrogens (tertiary/aromatic N) is 1. The van der Waals surface area contributed by atoms with Crippen molar-refractivity contribution >= 4 is 11.8 Å². The van der Waals surface area contributed by atoms with Crippen LogP contribution in [0.3, 0.4) is 0 Å². The molecular formula is C16H20N2O4. The van der Waals surface area contributed by atoms with Crippen molar-refractivity contribution in [1.29, 1.82) is 0 Å². The fraction of sp³-hybridized carbons (Fsp3) is 0.438. The number of carbonyl (C=O) groups excluding carboxylic acids is 1. The first-order valence-electron chi connectivity index (χ1n) is 6.90. The van der Waals surface area contributed by atoms with Gasteiger partial charge in [0.05, 0.1) is 4.92 Å². The lowest BCUT2D eigenvalue weighted by molar-refractivity contribution is -0.385. The van der Waals surface area contributed by atoms with Gasteiger partial charge in [-0.25, -0.2) is 4.79 Å². The van der Waals surface area contributed by atoms with Gasteiger partial charge in [-0.2, -0.15) is 0 Å². The number of amides is 1. The van der Waals surface area contributed by atoms with Crippen molar-refractivity contribution in [2.24, 2.45) is 0 Å². The van der Waals surface area contributed by atoms with Gasteiger partial charge < -0.3 is 10.1 Å². The second kappa shape index (κ2) is 7.46. The highest BCUT2D eigenvalue weighted by atomic mass is 16.6. The van der Waals surface area contributed by atoms with Crippen LogP contribution >= 0.6 is 0 Å². The quantitative estimate of drug-likeness (QED) is 0.402. The number of rotatable bonds is 3. The van der Waals surface area contributed by atoms with Crippen molar-refractivity contribution in [2.75, 3.05) is 6.54 Å². The van der Waals surface area contributed by atoms with Gasteiger partial charge in [0.2, 0.25) is 0 Å². The van der Waals surface area contributed by atoms with Gasteiger partial charge in [-0.1, -0.05) is 11.8 Å². The summed E-state index contributed by atoms with van der Waals surface area (Å²) in [6.45, 7) is 7.44. The Bertz CT molecular complexity index is 621. The van der Waals surface area contributed by atoms with Crippen LogP contribution in [-0.2, 0) is 4.74 Å². The molecule has 0 atom stereocenters. The molecule has 0 heterocycles. The number of nitro benzene ring substituents is 1. The van der Waals surface area contributed by atoms with E-state index in [1.807, 2.05) is 0 Å². The van der Waals surface area contributed by atoms with Crippen LogP contribution in [0.4, 0.5) is 10.5 Å². The molecule has 0 aliphatic carbocycles. The Morgan fingerprint density at radius 3 is 2.64 bits per heavy atom. The Hall–Kier alpha value is -2.55. The molecule has 0 saturated carbocycles. The number of alkyl carbamates (subject to hydrolysis) is 1. The van der Waals surface area contributed by atoms with Crippen LogP contribution in [0, 0.1) is 28.9 Å². The molecule has 0 bridgehead atoms. The van der Waals surface area contributed by atoms with Crippen molar-refractivity contribution < 1.29 is 14.5 Å². The highest BCUT2D eigenvalue weighted by Gasteiger charge is 2.15. The van der Waals surface area contributed by atoms with Crippen molar-refractivity contribution in [2.45, 2.75) is 39.7 Å². The van der Waals surface area contributed by atoms with Crippen LogP contribution in [0.25, 0.3) is 0 Å². The van der Waals surface area contributed by atoms with E-state index in [-0.39, 0.29) is 5.69 Å². The van der Waals surface area contributed by atoms with Gasteiger partial charge in [-0.05, 0) is 39.8 Å². The third-order valence-corrected chi connectivity index (χ3v) is 2.54. The molecule has 1 aromatic rings. The molecule has 0 saturated heterocycles. The first-order chi connectivity index (χ1) is 10.2. The van der Waals surface area contributed by atoms with Gasteiger partial charge in [0, 0.05) is 30.2 Å². The van der Waals surface area contributed by atoms with Gasteiger partial charge in [0.1, 0.15) is 5.60 Å². The molecule has 0 unspecified atom stereocenters. The summed E-state index contributed by atoms with van der Waals surface area (Å²) in [5.41, 5.74) is 0.840. The van der Waals surface area contributed by atoms with Gasteiger partial charge in [0.25, 0.3) is 5.69 Å². The second-order valence-electron chi connectivity index (χ2n) is 5.74. The molecule has 22 heavy (non-hydrogen) atoms. The number of aryl methyl sites for hydroxylation is 1. The number of hydrogen-bond donors (Lipinski definition) is 1. The van der Waals surface area contributed by atoms with Crippen molar-refractivity contribution in [3.63, 3.8) is 0 Å². The summed E-state index contributed by atoms with van der Waals surface area (Å²) in [4.78, 5) is 21.7. The number of nitro groups is 1. The third-order valence-electron chi connectivity index (χ3n) is 2.54. The van der Waals surface area contributed by atoms with Crippen molar-refractivity contribution in [1.82, 2.24) is 5.32 Å². The maximum absolute atomic E-state index is 11.4. The van der Waals surface area contributed by atoms with E-state index in [9.17, 15) is 14.9 Å². The summed E-state index contributed by atoms with van der Waals surface area (Å²) >= 11 is 0. The molecule has 6 heteroatoms. The Labute approximate surface area is 130 Å². The zero-order valence-electron chi connectivity index (χ0n) is 13.2. The van der Waals surface area contributed by atoms with Crippen LogP contribution < -0.4 is 5.32 Å². The van der Waals surface area contributed by atoms with E-state index < -0.39 is 16.6 Å². The standard InChI is InChI=1S/C16H20N2O4/c1-12-11-13(8-9-14(12)18(20)21)7-5-6-10-17-15(19)22-16(2,3)4/h8-9,11H,6,10H2,1-4H3,(H,17,19). The van der Waals surface area contributed by atoms with Crippen molar-refractivity contribution in [3.8, 4) is 11.8 Å². The number of carbonyl (C=O) groups is 1. The van der Waals surface area contributed by atoms with E-state index in [0.29, 0.717) is 24.1 Å². The maximum atomic E-state index is 11.4. The van der Waals surface area contributed by atoms with E-state index in [1.54, 1.807) is 39.8 Å². The summed E-state index contributed by atoms with van der Waals surface area (Å²) in [5, 5.41) is 13.3. The van der Waals surface area contributed by atoms with Crippen LogP contribution in [-0.4, -0.2) is 23.2 Å². The highest BCUT2D eigenvalue weighted by molar-refractivity contribution is 5.67. The molecule has 0 spiro atoms. The fourth-order valence-corrected chi connectivity index (χ4v) is 1.64. The minimum absolute atomic E-state index is 0.0807. The first-order valence-corrected chi connectivity index (χ1v) is 6.90. The molecule has 6 nitrogen and oxygen atoms in total. The van der Waals surface area contributed by atoms with Gasteiger partial charge in [-0.3, -0.25) is 10.1 Å². The summed E-state index contributed by atoms with van der Waals surface area (Å²) in [5.74, 6) is 5.81. The van der Waals surface area contributed by atoms with E-state index in [1.165, 1.54) is 6.07 Å². The molecule has 0 aliphatic heterocycles. The number of benzene rings is 1. The average molecular weight is 304 g/mol. The van der Waals surface area contributed by atoms with Crippen LogP contribution in [0.5, 0.6) is 0 Å². The zero-order chi connectivity index (χ0) is 16.8. The van der Waals surface area contributed by atoms with E-state index in [2.05, 4.69) is 17.2 Å². The summed E-state index contributed by atoms with van der Waals surface area (Å²) < 4.78 is 5.09. The molecule has 118 valence electrons. The van der Waals surface area contributed by atoms with Gasteiger partial charge in [-0.15, -0.1) is 0 Å². The highest BCUT2D eigenvalue weighted by Crippen LogP contribution is 2.18. The summed E-state index contributed by atoms with van der Waals surface area (Å²) in [6.07, 6.45) is -0.00424. The Morgan fingerprint density at radius 2 is 2.09 bits per heavy atom. The molecule has 1 N–H and O–H groups in total. The average Bonchev–Trinajstić information content (AvgIpc) is 2.35. The molecular weight excluding hydrogens is 284 g/mol. The fourth-order valence-electron chi connectivity index (χ4n) is 1.64. The molecule has 0 radical (unpaired) electrons. The first kappa shape index (κ1) is 17.5. The number of nitrogens with one attached hydrogen (secondary N) is 1. The Morgan fingerprint density at radius 1 is 1.41 bits per heavy atom. The lowest BCUT2D eigenvalue weighted by Crippen LogP contribution is -2.32. The predicted octanol–water partition coefficient (Wildman–Crippen LogP) is 3.17. The Kier molecular flexibility index (Phi) is 5.93. The summed E-state index contributed by atoms with van der Waals surface area (Å²) in [6, 6.07) is 4.73. The van der Waals surface area contributed by atoms with Crippen molar-refractivity contribution in [3.05, 3.63) is 39.4 Å². The van der Waals surface area contributed by atoms with Crippen LogP contribution in [0.2, 0.25) is 0 Å². The maximum Gasteiger partial charge on any atom is 0.407 e. The van der Waals surface area contributed by atoms with Gasteiger partial charge in [0.15, 0.2) is 0 Å². The molecule has 0 aromatic heterocycles. The minimum atomic E-state index is -0.522. The third kappa shape index (κ3) is 6.27. The zero-order valence-corrected chi connectivity index (χ0v) is 13.2. The van der Waals surface area contributed by atoms with Crippen LogP contribution in [0.1, 0.15) is 38.3 Å². The number of ether oxygens (including phenoxy) is 1. The molecule has 0 fully saturated rings. The van der Waals surface area contributed by atoms with E-state index in [4.69, 9.17) is 4.74 Å². The minimum Gasteiger partial charge on any atom is -0.444 e. The lowest BCUT2D eigenvalue weighted by Gasteiger charge is -2.19. The molecule has 0 aliphatic rings. The number of hydrogen-bond acceptors (Lipinski definition) is 4. The second-order valence-corrected chi connectivity index (χ2v) is 5.74. The summed E-state index contributed by atoms with van der Waals surface area (Å²) in [7, 11) is 0. The molecule has 1 rings (SSSR count). The molecule has 1 amide bonds. The Balaban J connectivity index is 2.47. The lowest BCUT2D eigenvalue weighted by atomic mass is 10.1. The monoisotopic (exact) mass is 304 g/mol. The van der Waals surface area contributed by atoms with E-state index >= 15 is 0 Å². The van der Waals surface area contributed by atoms with Gasteiger partial charge >= 0.3 is 6.09 Å². The largest absolute Gasteiger partial charge is 0.444 e. The normalized spacial score (nSPS) is 10.4. The molecule has 1 aromatic carbocycles. The van der Waals surface area contributed by atoms with E-state index in [0.717, 1.165) is 0 Å². The van der Waals surface area contributed by atoms with Crippen LogP contribution in [0.15, 0.2) is 18.2 Å². The smallest absolute Gasteiger partial charge is 0.407 e. The topological polar surface area (TPSA) is 81.5 Å². The SMILES string of the molecule is Cc1cc(C#CCCNC(=O)OC(C)(C)C)ccc1[N+](=O)[O-].